The Kier molecular flexibility index (Phi) is 2.27. The lowest BCUT2D eigenvalue weighted by molar-refractivity contribution is 0.0917. The molecule has 2 N–H and O–H groups in total. The van der Waals surface area contributed by atoms with Crippen molar-refractivity contribution in [3.05, 3.63) is 0 Å². The first kappa shape index (κ1) is 8.21. The van der Waals surface area contributed by atoms with Gasteiger partial charge in [-0.1, -0.05) is 0 Å². The second-order valence-electron chi connectivity index (χ2n) is 2.33. The third kappa shape index (κ3) is 1.13. The molecule has 1 fully saturated rings. The van der Waals surface area contributed by atoms with Gasteiger partial charge in [-0.2, -0.15) is 0 Å². The van der Waals surface area contributed by atoms with E-state index in [1.54, 1.807) is 7.11 Å². The van der Waals surface area contributed by atoms with E-state index >= 15 is 0 Å². The highest BCUT2D eigenvalue weighted by Gasteiger charge is 2.47. The summed E-state index contributed by atoms with van der Waals surface area (Å²) in [6, 6.07) is 0.289. The molecule has 0 unspecified atom stereocenters. The predicted molar refractivity (Wildman–Crippen MR) is 35.3 cm³/mol. The Morgan fingerprint density at radius 2 is 2.12 bits per heavy atom. The molecule has 0 aromatic carbocycles. The summed E-state index contributed by atoms with van der Waals surface area (Å²) in [5, 5.41) is 0. The van der Waals surface area contributed by atoms with Crippen LogP contribution in [-0.4, -0.2) is 18.8 Å². The molecule has 0 amide bonds. The van der Waals surface area contributed by atoms with Gasteiger partial charge in [0.1, 0.15) is 0 Å². The number of methoxy groups -OCH3 is 1. The zero-order chi connectivity index (χ0) is 5.49. The van der Waals surface area contributed by atoms with Gasteiger partial charge in [0.2, 0.25) is 0 Å². The molecule has 1 rings (SSSR count). The fourth-order valence-corrected chi connectivity index (χ4v) is 0.612. The maximum Gasteiger partial charge on any atom is 0.0817 e. The van der Waals surface area contributed by atoms with Gasteiger partial charge in [-0.05, 0) is 13.3 Å². The zero-order valence-corrected chi connectivity index (χ0v) is 5.99. The molecule has 0 aromatic rings. The molecule has 0 heterocycles. The van der Waals surface area contributed by atoms with Crippen molar-refractivity contribution < 1.29 is 4.74 Å². The third-order valence-electron chi connectivity index (χ3n) is 1.72. The van der Waals surface area contributed by atoms with E-state index in [4.69, 9.17) is 10.5 Å². The Labute approximate surface area is 55.8 Å². The maximum atomic E-state index is 5.49. The normalized spacial score (nSPS) is 43.1. The van der Waals surface area contributed by atoms with Crippen LogP contribution in [0.25, 0.3) is 0 Å². The fraction of sp³-hybridized carbons (Fsp3) is 1.00. The standard InChI is InChI=1S/C5H11NO.ClH/c1-5(7-2)3-4(5)6;/h4H,3,6H2,1-2H3;1H/t4-,5-;/m0./s1. The Hall–Kier alpha value is 0.210. The van der Waals surface area contributed by atoms with E-state index in [-0.39, 0.29) is 24.0 Å². The van der Waals surface area contributed by atoms with Crippen LogP contribution in [0.5, 0.6) is 0 Å². The SMILES string of the molecule is CO[C@@]1(C)C[C@@H]1N.Cl. The molecule has 2 atom stereocenters. The molecule has 0 spiro atoms. The fourth-order valence-electron chi connectivity index (χ4n) is 0.612. The van der Waals surface area contributed by atoms with Crippen LogP contribution < -0.4 is 5.73 Å². The molecule has 3 heteroatoms. The first-order chi connectivity index (χ1) is 3.19. The minimum Gasteiger partial charge on any atom is -0.377 e. The van der Waals surface area contributed by atoms with E-state index in [2.05, 4.69) is 0 Å². The largest absolute Gasteiger partial charge is 0.377 e. The summed E-state index contributed by atoms with van der Waals surface area (Å²) in [6.45, 7) is 2.03. The Morgan fingerprint density at radius 1 is 1.75 bits per heavy atom. The summed E-state index contributed by atoms with van der Waals surface area (Å²) in [6.07, 6.45) is 1.02. The molecule has 8 heavy (non-hydrogen) atoms. The quantitative estimate of drug-likeness (QED) is 0.573. The smallest absolute Gasteiger partial charge is 0.0817 e. The topological polar surface area (TPSA) is 35.2 Å². The minimum absolute atomic E-state index is 0. The maximum absolute atomic E-state index is 5.49. The van der Waals surface area contributed by atoms with E-state index in [1.165, 1.54) is 0 Å². The van der Waals surface area contributed by atoms with E-state index in [9.17, 15) is 0 Å². The van der Waals surface area contributed by atoms with Gasteiger partial charge in [0.15, 0.2) is 0 Å². The molecule has 1 saturated carbocycles. The lowest BCUT2D eigenvalue weighted by atomic mass is 10.4. The van der Waals surface area contributed by atoms with Crippen molar-refractivity contribution in [1.29, 1.82) is 0 Å². The van der Waals surface area contributed by atoms with Crippen LogP contribution >= 0.6 is 12.4 Å². The van der Waals surface area contributed by atoms with Gasteiger partial charge in [-0.3, -0.25) is 0 Å². The summed E-state index contributed by atoms with van der Waals surface area (Å²) in [5.74, 6) is 0. The van der Waals surface area contributed by atoms with Crippen LogP contribution in [0, 0.1) is 0 Å². The Morgan fingerprint density at radius 3 is 2.12 bits per heavy atom. The average Bonchev–Trinajstić information content (AvgIpc) is 2.18. The predicted octanol–water partition coefficient (Wildman–Crippen LogP) is 0.544. The van der Waals surface area contributed by atoms with Gasteiger partial charge in [0.25, 0.3) is 0 Å². The van der Waals surface area contributed by atoms with Gasteiger partial charge >= 0.3 is 0 Å². The molecular weight excluding hydrogens is 126 g/mol. The highest BCUT2D eigenvalue weighted by Crippen LogP contribution is 2.36. The van der Waals surface area contributed by atoms with Crippen molar-refractivity contribution in [2.45, 2.75) is 25.0 Å². The van der Waals surface area contributed by atoms with Crippen LogP contribution in [0.3, 0.4) is 0 Å². The monoisotopic (exact) mass is 137 g/mol. The van der Waals surface area contributed by atoms with Crippen molar-refractivity contribution in [3.63, 3.8) is 0 Å². The number of rotatable bonds is 1. The van der Waals surface area contributed by atoms with Crippen LogP contribution in [0.4, 0.5) is 0 Å². The Balaban J connectivity index is 0.000000490. The zero-order valence-electron chi connectivity index (χ0n) is 5.18. The molecule has 0 radical (unpaired) electrons. The van der Waals surface area contributed by atoms with Crippen molar-refractivity contribution in [1.82, 2.24) is 0 Å². The van der Waals surface area contributed by atoms with Crippen molar-refractivity contribution in [2.24, 2.45) is 5.73 Å². The summed E-state index contributed by atoms with van der Waals surface area (Å²) < 4.78 is 5.04. The van der Waals surface area contributed by atoms with E-state index < -0.39 is 0 Å². The van der Waals surface area contributed by atoms with Gasteiger partial charge in [-0.15, -0.1) is 12.4 Å². The summed E-state index contributed by atoms with van der Waals surface area (Å²) in [7, 11) is 1.70. The molecule has 0 saturated heterocycles. The van der Waals surface area contributed by atoms with Crippen LogP contribution in [-0.2, 0) is 4.74 Å². The summed E-state index contributed by atoms with van der Waals surface area (Å²) in [4.78, 5) is 0. The van der Waals surface area contributed by atoms with Crippen molar-refractivity contribution in [3.8, 4) is 0 Å². The molecule has 0 aromatic heterocycles. The van der Waals surface area contributed by atoms with E-state index in [0.717, 1.165) is 6.42 Å². The van der Waals surface area contributed by atoms with Crippen molar-refractivity contribution >= 4 is 12.4 Å². The third-order valence-corrected chi connectivity index (χ3v) is 1.72. The van der Waals surface area contributed by atoms with Gasteiger partial charge in [0.05, 0.1) is 5.60 Å². The second kappa shape index (κ2) is 2.21. The van der Waals surface area contributed by atoms with Crippen LogP contribution in [0.15, 0.2) is 0 Å². The average molecular weight is 138 g/mol. The second-order valence-corrected chi connectivity index (χ2v) is 2.33. The van der Waals surface area contributed by atoms with E-state index in [1.807, 2.05) is 6.92 Å². The lowest BCUT2D eigenvalue weighted by Crippen LogP contribution is -2.17. The van der Waals surface area contributed by atoms with E-state index in [0.29, 0.717) is 0 Å². The summed E-state index contributed by atoms with van der Waals surface area (Å²) >= 11 is 0. The lowest BCUT2D eigenvalue weighted by Gasteiger charge is -2.03. The Bertz CT molecular complexity index is 84.5. The number of nitrogens with two attached hydrogens (primary N) is 1. The first-order valence-corrected chi connectivity index (χ1v) is 2.50. The molecule has 2 nitrogen and oxygen atoms in total. The molecule has 1 aliphatic carbocycles. The molecule has 0 aliphatic heterocycles. The molecule has 0 bridgehead atoms. The number of hydrogen-bond donors (Lipinski definition) is 1. The molecule has 50 valence electrons. The van der Waals surface area contributed by atoms with Gasteiger partial charge < -0.3 is 10.5 Å². The van der Waals surface area contributed by atoms with Crippen LogP contribution in [0.2, 0.25) is 0 Å². The minimum atomic E-state index is 0. The van der Waals surface area contributed by atoms with Crippen LogP contribution in [0.1, 0.15) is 13.3 Å². The number of halogens is 1. The summed E-state index contributed by atoms with van der Waals surface area (Å²) in [5.41, 5.74) is 5.51. The molecular formula is C5H12ClNO. The van der Waals surface area contributed by atoms with Gasteiger partial charge in [-0.25, -0.2) is 0 Å². The van der Waals surface area contributed by atoms with Gasteiger partial charge in [0, 0.05) is 13.2 Å². The highest BCUT2D eigenvalue weighted by molar-refractivity contribution is 5.85. The highest BCUT2D eigenvalue weighted by atomic mass is 35.5. The number of hydrogen-bond acceptors (Lipinski definition) is 2. The van der Waals surface area contributed by atoms with Crippen molar-refractivity contribution in [2.75, 3.05) is 7.11 Å². The first-order valence-electron chi connectivity index (χ1n) is 2.50. The molecule has 1 aliphatic rings. The number of ether oxygens (including phenoxy) is 1.